The van der Waals surface area contributed by atoms with E-state index in [9.17, 15) is 9.59 Å². The molecule has 0 aliphatic rings. The molecule has 0 unspecified atom stereocenters. The molecule has 0 spiro atoms. The van der Waals surface area contributed by atoms with Gasteiger partial charge in [0, 0.05) is 17.1 Å². The van der Waals surface area contributed by atoms with Crippen LogP contribution in [0.2, 0.25) is 0 Å². The molecule has 134 valence electrons. The molecule has 7 heteroatoms. The Labute approximate surface area is 150 Å². The first kappa shape index (κ1) is 17.3. The SMILES string of the molecule is COc1ccccc1OCC(=O)NNC(=O)Cc1c[nH]c2ccccc12. The summed E-state index contributed by atoms with van der Waals surface area (Å²) in [5.41, 5.74) is 6.54. The van der Waals surface area contributed by atoms with Gasteiger partial charge in [-0.05, 0) is 23.8 Å². The molecule has 26 heavy (non-hydrogen) atoms. The van der Waals surface area contributed by atoms with Gasteiger partial charge in [0.1, 0.15) is 0 Å². The van der Waals surface area contributed by atoms with Crippen LogP contribution in [0.1, 0.15) is 5.56 Å². The fourth-order valence-corrected chi connectivity index (χ4v) is 2.55. The Balaban J connectivity index is 1.47. The molecule has 0 saturated heterocycles. The van der Waals surface area contributed by atoms with E-state index >= 15 is 0 Å². The van der Waals surface area contributed by atoms with E-state index in [4.69, 9.17) is 9.47 Å². The molecular formula is C19H19N3O4. The van der Waals surface area contributed by atoms with Gasteiger partial charge in [-0.1, -0.05) is 30.3 Å². The van der Waals surface area contributed by atoms with Crippen molar-refractivity contribution >= 4 is 22.7 Å². The minimum Gasteiger partial charge on any atom is -0.493 e. The summed E-state index contributed by atoms with van der Waals surface area (Å²) in [5.74, 6) is 0.197. The van der Waals surface area contributed by atoms with E-state index in [1.807, 2.05) is 24.3 Å². The summed E-state index contributed by atoms with van der Waals surface area (Å²) in [6.07, 6.45) is 1.94. The number of benzene rings is 2. The summed E-state index contributed by atoms with van der Waals surface area (Å²) in [5, 5.41) is 0.980. The molecule has 0 fully saturated rings. The number of rotatable bonds is 6. The zero-order chi connectivity index (χ0) is 18.4. The summed E-state index contributed by atoms with van der Waals surface area (Å²) >= 11 is 0. The first-order chi connectivity index (χ1) is 12.7. The van der Waals surface area contributed by atoms with E-state index in [1.54, 1.807) is 30.5 Å². The second kappa shape index (κ2) is 8.06. The number of hydrogen-bond acceptors (Lipinski definition) is 4. The summed E-state index contributed by atoms with van der Waals surface area (Å²) in [7, 11) is 1.52. The highest BCUT2D eigenvalue weighted by molar-refractivity contribution is 5.89. The van der Waals surface area contributed by atoms with Crippen LogP contribution in [0, 0.1) is 0 Å². The minimum absolute atomic E-state index is 0.150. The third kappa shape index (κ3) is 4.13. The lowest BCUT2D eigenvalue weighted by Crippen LogP contribution is -2.44. The number of hydrogen-bond donors (Lipinski definition) is 3. The highest BCUT2D eigenvalue weighted by atomic mass is 16.5. The Bertz CT molecular complexity index is 920. The maximum absolute atomic E-state index is 12.0. The summed E-state index contributed by atoms with van der Waals surface area (Å²) in [6.45, 7) is -0.242. The van der Waals surface area contributed by atoms with Crippen molar-refractivity contribution in [3.63, 3.8) is 0 Å². The van der Waals surface area contributed by atoms with Gasteiger partial charge >= 0.3 is 0 Å². The zero-order valence-corrected chi connectivity index (χ0v) is 14.2. The lowest BCUT2D eigenvalue weighted by Gasteiger charge is -2.11. The van der Waals surface area contributed by atoms with Gasteiger partial charge in [-0.25, -0.2) is 0 Å². The number of fused-ring (bicyclic) bond motifs is 1. The van der Waals surface area contributed by atoms with Gasteiger partial charge in [-0.15, -0.1) is 0 Å². The van der Waals surface area contributed by atoms with Gasteiger partial charge in [-0.2, -0.15) is 0 Å². The standard InChI is InChI=1S/C19H19N3O4/c1-25-16-8-4-5-9-17(16)26-12-19(24)22-21-18(23)10-13-11-20-15-7-3-2-6-14(13)15/h2-9,11,20H,10,12H2,1H3,(H,21,23)(H,22,24). The van der Waals surface area contributed by atoms with E-state index in [0.29, 0.717) is 11.5 Å². The van der Waals surface area contributed by atoms with Gasteiger partial charge in [-0.3, -0.25) is 20.4 Å². The molecular weight excluding hydrogens is 334 g/mol. The van der Waals surface area contributed by atoms with Crippen molar-refractivity contribution in [3.05, 3.63) is 60.3 Å². The summed E-state index contributed by atoms with van der Waals surface area (Å²) < 4.78 is 10.5. The van der Waals surface area contributed by atoms with Crippen molar-refractivity contribution < 1.29 is 19.1 Å². The Morgan fingerprint density at radius 1 is 0.962 bits per heavy atom. The molecule has 0 aliphatic heterocycles. The summed E-state index contributed by atoms with van der Waals surface area (Å²) in [4.78, 5) is 27.0. The Hall–Kier alpha value is -3.48. The van der Waals surface area contributed by atoms with E-state index in [-0.39, 0.29) is 18.9 Å². The third-order valence-electron chi connectivity index (χ3n) is 3.80. The summed E-state index contributed by atoms with van der Waals surface area (Å²) in [6, 6.07) is 14.7. The molecule has 7 nitrogen and oxygen atoms in total. The maximum Gasteiger partial charge on any atom is 0.276 e. The number of hydrazine groups is 1. The Morgan fingerprint density at radius 2 is 1.65 bits per heavy atom. The van der Waals surface area contributed by atoms with Crippen molar-refractivity contribution in [2.24, 2.45) is 0 Å². The molecule has 3 aromatic rings. The first-order valence-electron chi connectivity index (χ1n) is 8.06. The van der Waals surface area contributed by atoms with Crippen LogP contribution in [-0.4, -0.2) is 30.5 Å². The van der Waals surface area contributed by atoms with Crippen molar-refractivity contribution in [2.45, 2.75) is 6.42 Å². The molecule has 2 aromatic carbocycles. The second-order valence-corrected chi connectivity index (χ2v) is 5.57. The minimum atomic E-state index is -0.469. The van der Waals surface area contributed by atoms with E-state index in [0.717, 1.165) is 16.5 Å². The molecule has 0 saturated carbocycles. The molecule has 2 amide bonds. The monoisotopic (exact) mass is 353 g/mol. The van der Waals surface area contributed by atoms with E-state index in [1.165, 1.54) is 7.11 Å². The quantitative estimate of drug-likeness (QED) is 0.591. The number of aromatic nitrogens is 1. The van der Waals surface area contributed by atoms with Crippen molar-refractivity contribution in [3.8, 4) is 11.5 Å². The number of methoxy groups -OCH3 is 1. The second-order valence-electron chi connectivity index (χ2n) is 5.57. The fourth-order valence-electron chi connectivity index (χ4n) is 2.55. The number of aromatic amines is 1. The predicted octanol–water partition coefficient (Wildman–Crippen LogP) is 1.95. The average Bonchev–Trinajstić information content (AvgIpc) is 3.08. The Morgan fingerprint density at radius 3 is 2.46 bits per heavy atom. The van der Waals surface area contributed by atoms with Gasteiger partial charge in [0.2, 0.25) is 5.91 Å². The molecule has 1 heterocycles. The number of carbonyl (C=O) groups excluding carboxylic acids is 2. The number of H-pyrrole nitrogens is 1. The molecule has 0 radical (unpaired) electrons. The van der Waals surface area contributed by atoms with Crippen molar-refractivity contribution in [1.82, 2.24) is 15.8 Å². The smallest absolute Gasteiger partial charge is 0.276 e. The Kier molecular flexibility index (Phi) is 5.38. The van der Waals surface area contributed by atoms with Crippen LogP contribution >= 0.6 is 0 Å². The molecule has 0 aliphatic carbocycles. The van der Waals surface area contributed by atoms with Gasteiger partial charge < -0.3 is 14.5 Å². The molecule has 0 bridgehead atoms. The first-order valence-corrected chi connectivity index (χ1v) is 8.06. The van der Waals surface area contributed by atoms with Gasteiger partial charge in [0.25, 0.3) is 5.91 Å². The highest BCUT2D eigenvalue weighted by Gasteiger charge is 2.11. The third-order valence-corrected chi connectivity index (χ3v) is 3.80. The van der Waals surface area contributed by atoms with Crippen LogP contribution in [0.15, 0.2) is 54.7 Å². The van der Waals surface area contributed by atoms with E-state index < -0.39 is 5.91 Å². The number of para-hydroxylation sites is 3. The number of ether oxygens (including phenoxy) is 2. The van der Waals surface area contributed by atoms with Gasteiger partial charge in [0.15, 0.2) is 18.1 Å². The lowest BCUT2D eigenvalue weighted by atomic mass is 10.1. The van der Waals surface area contributed by atoms with Crippen molar-refractivity contribution in [2.75, 3.05) is 13.7 Å². The molecule has 0 atom stereocenters. The largest absolute Gasteiger partial charge is 0.493 e. The van der Waals surface area contributed by atoms with Crippen LogP contribution in [0.25, 0.3) is 10.9 Å². The molecule has 1 aromatic heterocycles. The number of carbonyl (C=O) groups is 2. The number of amides is 2. The normalized spacial score (nSPS) is 10.3. The highest BCUT2D eigenvalue weighted by Crippen LogP contribution is 2.25. The fraction of sp³-hybridized carbons (Fsp3) is 0.158. The predicted molar refractivity (Wildman–Crippen MR) is 96.8 cm³/mol. The molecule has 3 N–H and O–H groups in total. The van der Waals surface area contributed by atoms with Crippen LogP contribution in [0.5, 0.6) is 11.5 Å². The number of nitrogens with one attached hydrogen (secondary N) is 3. The zero-order valence-electron chi connectivity index (χ0n) is 14.2. The topological polar surface area (TPSA) is 92.4 Å². The van der Waals surface area contributed by atoms with Crippen molar-refractivity contribution in [1.29, 1.82) is 0 Å². The van der Waals surface area contributed by atoms with Crippen LogP contribution < -0.4 is 20.3 Å². The van der Waals surface area contributed by atoms with Crippen LogP contribution in [0.3, 0.4) is 0 Å². The molecule has 3 rings (SSSR count). The van der Waals surface area contributed by atoms with Crippen LogP contribution in [0.4, 0.5) is 0 Å². The van der Waals surface area contributed by atoms with Crippen LogP contribution in [-0.2, 0) is 16.0 Å². The average molecular weight is 353 g/mol. The van der Waals surface area contributed by atoms with E-state index in [2.05, 4.69) is 15.8 Å². The lowest BCUT2D eigenvalue weighted by molar-refractivity contribution is -0.129. The van der Waals surface area contributed by atoms with Gasteiger partial charge in [0.05, 0.1) is 13.5 Å². The maximum atomic E-state index is 12.0.